The summed E-state index contributed by atoms with van der Waals surface area (Å²) in [5, 5.41) is 11.1. The number of rotatable bonds is 3. The van der Waals surface area contributed by atoms with Crippen molar-refractivity contribution in [1.82, 2.24) is 9.88 Å². The quantitative estimate of drug-likeness (QED) is 0.582. The molecule has 0 amide bonds. The predicted molar refractivity (Wildman–Crippen MR) is 81.7 cm³/mol. The number of aromatic nitrogens is 1. The second-order valence-electron chi connectivity index (χ2n) is 5.68. The van der Waals surface area contributed by atoms with Crippen LogP contribution in [0.1, 0.15) is 6.42 Å². The topological polar surface area (TPSA) is 96.7 Å². The van der Waals surface area contributed by atoms with Gasteiger partial charge in [-0.15, -0.1) is 0 Å². The van der Waals surface area contributed by atoms with Crippen molar-refractivity contribution in [2.24, 2.45) is 0 Å². The first kappa shape index (κ1) is 15.2. The molecule has 1 aromatic rings. The molecule has 1 aromatic heterocycles. The Morgan fingerprint density at radius 3 is 2.59 bits per heavy atom. The summed E-state index contributed by atoms with van der Waals surface area (Å²) in [7, 11) is -2.89. The Kier molecular flexibility index (Phi) is 4.00. The van der Waals surface area contributed by atoms with Crippen molar-refractivity contribution in [3.05, 3.63) is 28.4 Å². The third kappa shape index (κ3) is 3.05. The first-order valence-electron chi connectivity index (χ1n) is 7.25. The predicted octanol–water partition coefficient (Wildman–Crippen LogP) is 0.299. The van der Waals surface area contributed by atoms with Crippen molar-refractivity contribution in [2.75, 3.05) is 42.6 Å². The minimum atomic E-state index is -2.89. The van der Waals surface area contributed by atoms with Crippen LogP contribution in [-0.4, -0.2) is 67.0 Å². The lowest BCUT2D eigenvalue weighted by Crippen LogP contribution is -2.51. The van der Waals surface area contributed by atoms with Crippen molar-refractivity contribution in [3.63, 3.8) is 0 Å². The van der Waals surface area contributed by atoms with Gasteiger partial charge in [-0.1, -0.05) is 0 Å². The van der Waals surface area contributed by atoms with Crippen LogP contribution in [0.4, 0.5) is 11.5 Å². The zero-order valence-electron chi connectivity index (χ0n) is 12.1. The van der Waals surface area contributed by atoms with E-state index in [2.05, 4.69) is 9.88 Å². The highest BCUT2D eigenvalue weighted by Crippen LogP contribution is 2.27. The molecule has 1 unspecified atom stereocenters. The molecule has 120 valence electrons. The van der Waals surface area contributed by atoms with E-state index in [1.165, 1.54) is 6.07 Å². The van der Waals surface area contributed by atoms with E-state index in [4.69, 9.17) is 0 Å². The van der Waals surface area contributed by atoms with Gasteiger partial charge in [0.1, 0.15) is 0 Å². The Bertz CT molecular complexity index is 670. The lowest BCUT2D eigenvalue weighted by molar-refractivity contribution is -0.384. The Labute approximate surface area is 128 Å². The summed E-state index contributed by atoms with van der Waals surface area (Å²) >= 11 is 0. The lowest BCUT2D eigenvalue weighted by Gasteiger charge is -2.37. The summed E-state index contributed by atoms with van der Waals surface area (Å²) in [6, 6.07) is 3.10. The molecule has 8 nitrogen and oxygen atoms in total. The summed E-state index contributed by atoms with van der Waals surface area (Å²) in [5.74, 6) is 0.895. The Morgan fingerprint density at radius 2 is 2.00 bits per heavy atom. The number of piperazine rings is 1. The molecule has 2 fully saturated rings. The van der Waals surface area contributed by atoms with E-state index in [1.807, 2.05) is 4.90 Å². The van der Waals surface area contributed by atoms with Crippen molar-refractivity contribution in [1.29, 1.82) is 0 Å². The van der Waals surface area contributed by atoms with Gasteiger partial charge >= 0.3 is 5.69 Å². The van der Waals surface area contributed by atoms with Crippen LogP contribution < -0.4 is 4.90 Å². The normalized spacial score (nSPS) is 25.3. The Hall–Kier alpha value is -1.74. The average molecular weight is 326 g/mol. The maximum Gasteiger partial charge on any atom is 0.311 e. The molecule has 22 heavy (non-hydrogen) atoms. The molecule has 2 saturated heterocycles. The molecule has 1 atom stereocenters. The van der Waals surface area contributed by atoms with E-state index >= 15 is 0 Å². The summed E-state index contributed by atoms with van der Waals surface area (Å²) in [5.41, 5.74) is 0.0133. The molecular weight excluding hydrogens is 308 g/mol. The van der Waals surface area contributed by atoms with Gasteiger partial charge in [0.2, 0.25) is 5.82 Å². The van der Waals surface area contributed by atoms with Gasteiger partial charge in [-0.05, 0) is 12.5 Å². The number of hydrogen-bond donors (Lipinski definition) is 0. The molecule has 0 spiro atoms. The van der Waals surface area contributed by atoms with Crippen molar-refractivity contribution in [2.45, 2.75) is 12.5 Å². The van der Waals surface area contributed by atoms with Crippen LogP contribution in [0.15, 0.2) is 18.3 Å². The minimum absolute atomic E-state index is 0.0133. The highest BCUT2D eigenvalue weighted by atomic mass is 32.2. The monoisotopic (exact) mass is 326 g/mol. The third-order valence-electron chi connectivity index (χ3n) is 4.30. The highest BCUT2D eigenvalue weighted by molar-refractivity contribution is 7.91. The summed E-state index contributed by atoms with van der Waals surface area (Å²) in [6.07, 6.45) is 2.24. The number of sulfone groups is 1. The minimum Gasteiger partial charge on any atom is -0.348 e. The Morgan fingerprint density at radius 1 is 1.27 bits per heavy atom. The van der Waals surface area contributed by atoms with Crippen LogP contribution in [-0.2, 0) is 9.84 Å². The lowest BCUT2D eigenvalue weighted by atomic mass is 10.2. The number of nitro groups is 1. The molecule has 2 aliphatic heterocycles. The van der Waals surface area contributed by atoms with Crippen LogP contribution in [0.3, 0.4) is 0 Å². The molecule has 0 aromatic carbocycles. The zero-order chi connectivity index (χ0) is 15.7. The van der Waals surface area contributed by atoms with Gasteiger partial charge in [-0.25, -0.2) is 13.4 Å². The first-order chi connectivity index (χ1) is 10.5. The van der Waals surface area contributed by atoms with Crippen molar-refractivity contribution in [3.8, 4) is 0 Å². The van der Waals surface area contributed by atoms with Crippen LogP contribution in [0.25, 0.3) is 0 Å². The van der Waals surface area contributed by atoms with E-state index in [0.29, 0.717) is 38.4 Å². The van der Waals surface area contributed by atoms with Crippen LogP contribution in [0.2, 0.25) is 0 Å². The molecule has 0 bridgehead atoms. The van der Waals surface area contributed by atoms with Gasteiger partial charge in [-0.2, -0.15) is 0 Å². The number of nitrogens with zero attached hydrogens (tertiary/aromatic N) is 4. The largest absolute Gasteiger partial charge is 0.348 e. The van der Waals surface area contributed by atoms with Gasteiger partial charge in [0.25, 0.3) is 0 Å². The van der Waals surface area contributed by atoms with Gasteiger partial charge in [0.15, 0.2) is 9.84 Å². The highest BCUT2D eigenvalue weighted by Gasteiger charge is 2.34. The molecule has 0 radical (unpaired) electrons. The second kappa shape index (κ2) is 5.81. The van der Waals surface area contributed by atoms with Crippen molar-refractivity contribution >= 4 is 21.3 Å². The van der Waals surface area contributed by atoms with Crippen LogP contribution in [0, 0.1) is 10.1 Å². The number of anilines is 1. The van der Waals surface area contributed by atoms with E-state index in [9.17, 15) is 18.5 Å². The summed E-state index contributed by atoms with van der Waals surface area (Å²) in [6.45, 7) is 2.64. The standard InChI is InChI=1S/C13H18N4O4S/c18-17(19)12-2-1-4-14-13(12)16-7-5-15(6-8-16)11-3-9-22(20,21)10-11/h1-2,4,11H,3,5-10H2. The maximum absolute atomic E-state index is 11.6. The van der Waals surface area contributed by atoms with Gasteiger partial charge in [-0.3, -0.25) is 15.0 Å². The van der Waals surface area contributed by atoms with Crippen LogP contribution in [0.5, 0.6) is 0 Å². The fourth-order valence-corrected chi connectivity index (χ4v) is 4.90. The zero-order valence-corrected chi connectivity index (χ0v) is 12.9. The fourth-order valence-electron chi connectivity index (χ4n) is 3.14. The van der Waals surface area contributed by atoms with Gasteiger partial charge in [0.05, 0.1) is 16.4 Å². The van der Waals surface area contributed by atoms with E-state index < -0.39 is 14.8 Å². The van der Waals surface area contributed by atoms with E-state index in [0.717, 1.165) is 0 Å². The molecule has 0 saturated carbocycles. The molecule has 2 aliphatic rings. The summed E-state index contributed by atoms with van der Waals surface area (Å²) < 4.78 is 23.1. The fraction of sp³-hybridized carbons (Fsp3) is 0.615. The SMILES string of the molecule is O=[N+]([O-])c1cccnc1N1CCN(C2CCS(=O)(=O)C2)CC1. The average Bonchev–Trinajstić information content (AvgIpc) is 2.87. The smallest absolute Gasteiger partial charge is 0.311 e. The van der Waals surface area contributed by atoms with Crippen LogP contribution >= 0.6 is 0 Å². The van der Waals surface area contributed by atoms with Gasteiger partial charge in [0, 0.05) is 44.5 Å². The molecule has 3 heterocycles. The second-order valence-corrected chi connectivity index (χ2v) is 7.91. The molecule has 3 rings (SSSR count). The van der Waals surface area contributed by atoms with E-state index in [1.54, 1.807) is 12.3 Å². The number of hydrogen-bond acceptors (Lipinski definition) is 7. The molecular formula is C13H18N4O4S. The molecule has 0 N–H and O–H groups in total. The van der Waals surface area contributed by atoms with Crippen molar-refractivity contribution < 1.29 is 13.3 Å². The maximum atomic E-state index is 11.6. The molecule has 9 heteroatoms. The Balaban J connectivity index is 1.66. The first-order valence-corrected chi connectivity index (χ1v) is 9.07. The number of pyridine rings is 1. The van der Waals surface area contributed by atoms with E-state index in [-0.39, 0.29) is 23.2 Å². The molecule has 0 aliphatic carbocycles. The summed E-state index contributed by atoms with van der Waals surface area (Å²) in [4.78, 5) is 18.9. The third-order valence-corrected chi connectivity index (χ3v) is 6.05. The van der Waals surface area contributed by atoms with Gasteiger partial charge < -0.3 is 4.90 Å².